The first-order valence-corrected chi connectivity index (χ1v) is 12.5. The molecular weight excluding hydrogens is 449 g/mol. The average molecular weight is 482 g/mol. The van der Waals surface area contributed by atoms with E-state index in [-0.39, 0.29) is 11.6 Å². The van der Waals surface area contributed by atoms with Crippen LogP contribution >= 0.6 is 11.6 Å². The number of halogens is 2. The zero-order chi connectivity index (χ0) is 24.4. The molecule has 1 N–H and O–H groups in total. The molecule has 0 saturated heterocycles. The van der Waals surface area contributed by atoms with Crippen LogP contribution < -0.4 is 5.32 Å². The van der Waals surface area contributed by atoms with Crippen molar-refractivity contribution in [3.63, 3.8) is 0 Å². The number of nitrogens with one attached hydrogen (secondary N) is 1. The summed E-state index contributed by atoms with van der Waals surface area (Å²) in [6, 6.07) is 9.42. The zero-order valence-corrected chi connectivity index (χ0v) is 21.2. The maximum absolute atomic E-state index is 14.4. The molecule has 0 bridgehead atoms. The Balaban J connectivity index is 1.67. The molecule has 4 nitrogen and oxygen atoms in total. The Morgan fingerprint density at radius 1 is 1.18 bits per heavy atom. The Kier molecular flexibility index (Phi) is 7.54. The molecule has 1 aromatic heterocycles. The lowest BCUT2D eigenvalue weighted by molar-refractivity contribution is 0.101. The molecule has 1 fully saturated rings. The number of hydrogen-bond acceptors (Lipinski definition) is 4. The van der Waals surface area contributed by atoms with E-state index >= 15 is 0 Å². The summed E-state index contributed by atoms with van der Waals surface area (Å²) in [4.78, 5) is 19.4. The van der Waals surface area contributed by atoms with Gasteiger partial charge in [0.05, 0.1) is 16.8 Å². The standard InChI is InChI=1S/C28H33ClFN3O/c1-5-33(4)16-19-6-9-22(10-7-19)32-28-23-12-20(21-13-25(29)17(2)26(30)14-21)8-11-27(23)31-15-24(28)18(3)34/h8,11-15,19,22H,5-7,9-10,16H2,1-4H3,(H,31,32). The SMILES string of the molecule is CCN(C)CC1CCC(Nc2c(C(C)=O)cnc3ccc(-c4cc(F)c(C)c(Cl)c4)cc23)CC1. The Bertz CT molecular complexity index is 1180. The van der Waals surface area contributed by atoms with Crippen LogP contribution in [-0.4, -0.2) is 41.8 Å². The molecular formula is C28H33ClFN3O. The first-order chi connectivity index (χ1) is 16.3. The van der Waals surface area contributed by atoms with Gasteiger partial charge in [0.2, 0.25) is 0 Å². The summed E-state index contributed by atoms with van der Waals surface area (Å²) in [5.41, 5.74) is 4.20. The van der Waals surface area contributed by atoms with Gasteiger partial charge in [0.15, 0.2) is 5.78 Å². The summed E-state index contributed by atoms with van der Waals surface area (Å²) in [6.45, 7) is 7.64. The van der Waals surface area contributed by atoms with Gasteiger partial charge >= 0.3 is 0 Å². The summed E-state index contributed by atoms with van der Waals surface area (Å²) >= 11 is 6.25. The van der Waals surface area contributed by atoms with E-state index in [4.69, 9.17) is 11.6 Å². The van der Waals surface area contributed by atoms with Crippen LogP contribution in [0.15, 0.2) is 36.5 Å². The molecule has 6 heteroatoms. The van der Waals surface area contributed by atoms with Crippen molar-refractivity contribution in [3.8, 4) is 11.1 Å². The third kappa shape index (κ3) is 5.26. The Morgan fingerprint density at radius 3 is 2.56 bits per heavy atom. The molecule has 0 amide bonds. The van der Waals surface area contributed by atoms with Gasteiger partial charge in [0.25, 0.3) is 0 Å². The van der Waals surface area contributed by atoms with Crippen LogP contribution in [0.2, 0.25) is 5.02 Å². The molecule has 4 rings (SSSR count). The summed E-state index contributed by atoms with van der Waals surface area (Å²) in [6.07, 6.45) is 6.15. The van der Waals surface area contributed by atoms with E-state index < -0.39 is 0 Å². The molecule has 34 heavy (non-hydrogen) atoms. The second kappa shape index (κ2) is 10.4. The second-order valence-electron chi connectivity index (χ2n) is 9.62. The van der Waals surface area contributed by atoms with Crippen LogP contribution in [0.3, 0.4) is 0 Å². The predicted octanol–water partition coefficient (Wildman–Crippen LogP) is 7.13. The number of Topliss-reactive ketones (excluding diaryl/α,β-unsaturated/α-hetero) is 1. The molecule has 0 radical (unpaired) electrons. The largest absolute Gasteiger partial charge is 0.381 e. The van der Waals surface area contributed by atoms with Crippen molar-refractivity contribution in [2.45, 2.75) is 52.5 Å². The van der Waals surface area contributed by atoms with E-state index in [9.17, 15) is 9.18 Å². The lowest BCUT2D eigenvalue weighted by Crippen LogP contribution is -2.32. The molecule has 1 aliphatic carbocycles. The summed E-state index contributed by atoms with van der Waals surface area (Å²) in [5, 5.41) is 4.97. The summed E-state index contributed by atoms with van der Waals surface area (Å²) in [7, 11) is 2.18. The number of aromatic nitrogens is 1. The van der Waals surface area contributed by atoms with Gasteiger partial charge in [-0.3, -0.25) is 9.78 Å². The second-order valence-corrected chi connectivity index (χ2v) is 10.0. The van der Waals surface area contributed by atoms with Gasteiger partial charge < -0.3 is 10.2 Å². The smallest absolute Gasteiger partial charge is 0.163 e. The van der Waals surface area contributed by atoms with Gasteiger partial charge in [-0.15, -0.1) is 0 Å². The van der Waals surface area contributed by atoms with E-state index in [0.29, 0.717) is 27.8 Å². The van der Waals surface area contributed by atoms with Crippen molar-refractivity contribution in [1.29, 1.82) is 0 Å². The van der Waals surface area contributed by atoms with Crippen molar-refractivity contribution in [3.05, 3.63) is 58.5 Å². The maximum atomic E-state index is 14.4. The molecule has 0 atom stereocenters. The highest BCUT2D eigenvalue weighted by atomic mass is 35.5. The van der Waals surface area contributed by atoms with Gasteiger partial charge in [0, 0.05) is 34.8 Å². The minimum atomic E-state index is -0.331. The molecule has 0 aliphatic heterocycles. The average Bonchev–Trinajstić information content (AvgIpc) is 2.83. The van der Waals surface area contributed by atoms with Crippen LogP contribution in [0.25, 0.3) is 22.0 Å². The van der Waals surface area contributed by atoms with E-state index in [0.717, 1.165) is 54.0 Å². The molecule has 1 aliphatic rings. The van der Waals surface area contributed by atoms with Gasteiger partial charge in [-0.2, -0.15) is 0 Å². The first-order valence-electron chi connectivity index (χ1n) is 12.1. The van der Waals surface area contributed by atoms with Crippen molar-refractivity contribution in [2.75, 3.05) is 25.5 Å². The molecule has 0 spiro atoms. The quantitative estimate of drug-likeness (QED) is 0.364. The highest BCUT2D eigenvalue weighted by Crippen LogP contribution is 2.35. The monoisotopic (exact) mass is 481 g/mol. The number of nitrogens with zero attached hydrogens (tertiary/aromatic N) is 2. The molecule has 1 saturated carbocycles. The highest BCUT2D eigenvalue weighted by molar-refractivity contribution is 6.31. The van der Waals surface area contributed by atoms with E-state index in [1.54, 1.807) is 26.1 Å². The number of hydrogen-bond donors (Lipinski definition) is 1. The van der Waals surface area contributed by atoms with Gasteiger partial charge in [-0.25, -0.2) is 4.39 Å². The predicted molar refractivity (Wildman–Crippen MR) is 139 cm³/mol. The molecule has 2 aromatic carbocycles. The van der Waals surface area contributed by atoms with Crippen LogP contribution in [0.5, 0.6) is 0 Å². The lowest BCUT2D eigenvalue weighted by Gasteiger charge is -2.32. The minimum Gasteiger partial charge on any atom is -0.381 e. The molecule has 0 unspecified atom stereocenters. The summed E-state index contributed by atoms with van der Waals surface area (Å²) in [5.74, 6) is 0.365. The number of ketones is 1. The Hall–Kier alpha value is -2.50. The van der Waals surface area contributed by atoms with E-state index in [2.05, 4.69) is 29.2 Å². The van der Waals surface area contributed by atoms with Crippen LogP contribution in [0.1, 0.15) is 55.5 Å². The topological polar surface area (TPSA) is 45.2 Å². The number of rotatable bonds is 7. The fraction of sp³-hybridized carbons (Fsp3) is 0.429. The van der Waals surface area contributed by atoms with Crippen molar-refractivity contribution in [2.24, 2.45) is 5.92 Å². The summed E-state index contributed by atoms with van der Waals surface area (Å²) < 4.78 is 14.4. The fourth-order valence-corrected chi connectivity index (χ4v) is 5.08. The minimum absolute atomic E-state index is 0.0232. The van der Waals surface area contributed by atoms with Crippen molar-refractivity contribution >= 4 is 34.0 Å². The zero-order valence-electron chi connectivity index (χ0n) is 20.4. The van der Waals surface area contributed by atoms with Crippen LogP contribution in [0, 0.1) is 18.7 Å². The molecule has 1 heterocycles. The number of pyridine rings is 1. The Labute approximate surface area is 206 Å². The van der Waals surface area contributed by atoms with E-state index in [1.807, 2.05) is 18.2 Å². The fourth-order valence-electron chi connectivity index (χ4n) is 4.87. The number of benzene rings is 2. The number of carbonyl (C=O) groups is 1. The third-order valence-electron chi connectivity index (χ3n) is 7.17. The molecule has 3 aromatic rings. The third-order valence-corrected chi connectivity index (χ3v) is 7.56. The van der Waals surface area contributed by atoms with E-state index in [1.165, 1.54) is 18.9 Å². The Morgan fingerprint density at radius 2 is 1.91 bits per heavy atom. The van der Waals surface area contributed by atoms with Crippen molar-refractivity contribution < 1.29 is 9.18 Å². The van der Waals surface area contributed by atoms with Gasteiger partial charge in [0.1, 0.15) is 5.82 Å². The van der Waals surface area contributed by atoms with Gasteiger partial charge in [-0.05, 0) is 94.4 Å². The number of anilines is 1. The normalized spacial score (nSPS) is 18.4. The maximum Gasteiger partial charge on any atom is 0.163 e. The van der Waals surface area contributed by atoms with Crippen LogP contribution in [0.4, 0.5) is 10.1 Å². The lowest BCUT2D eigenvalue weighted by atomic mass is 9.85. The van der Waals surface area contributed by atoms with Gasteiger partial charge in [-0.1, -0.05) is 24.6 Å². The first kappa shape index (κ1) is 24.6. The molecule has 180 valence electrons. The van der Waals surface area contributed by atoms with Crippen molar-refractivity contribution in [1.82, 2.24) is 9.88 Å². The number of carbonyl (C=O) groups excluding carboxylic acids is 1. The highest BCUT2D eigenvalue weighted by Gasteiger charge is 2.24. The number of fused-ring (bicyclic) bond motifs is 1. The van der Waals surface area contributed by atoms with Crippen LogP contribution in [-0.2, 0) is 0 Å².